The van der Waals surface area contributed by atoms with E-state index in [0.29, 0.717) is 0 Å². The quantitative estimate of drug-likeness (QED) is 0.918. The first-order valence-electron chi connectivity index (χ1n) is 9.33. The maximum absolute atomic E-state index is 12.0. The van der Waals surface area contributed by atoms with E-state index in [9.17, 15) is 9.90 Å². The Hall–Kier alpha value is -2.33. The first-order valence-corrected chi connectivity index (χ1v) is 9.33. The summed E-state index contributed by atoms with van der Waals surface area (Å²) in [4.78, 5) is 16.7. The first-order chi connectivity index (χ1) is 12.5. The van der Waals surface area contributed by atoms with Gasteiger partial charge in [-0.3, -0.25) is 4.79 Å². The minimum absolute atomic E-state index is 0.0314. The van der Waals surface area contributed by atoms with Gasteiger partial charge in [-0.05, 0) is 37.2 Å². The van der Waals surface area contributed by atoms with Crippen molar-refractivity contribution < 1.29 is 9.90 Å². The lowest BCUT2D eigenvalue weighted by molar-refractivity contribution is -0.143. The van der Waals surface area contributed by atoms with Crippen LogP contribution >= 0.6 is 0 Å². The molecule has 4 heteroatoms. The van der Waals surface area contributed by atoms with Crippen molar-refractivity contribution in [2.45, 2.75) is 18.8 Å². The maximum Gasteiger partial charge on any atom is 0.310 e. The Labute approximate surface area is 155 Å². The first kappa shape index (κ1) is 17.1. The average molecular weight is 350 g/mol. The Morgan fingerprint density at radius 2 is 1.46 bits per heavy atom. The number of benzene rings is 2. The standard InChI is InChI=1S/C22H26N2O2/c1-22(21(25)26)19(16-6-4-3-5-7-16)20(22)17-8-10-18(11-9-17)24-14-12-23(2)13-15-24/h3-11,19-20H,12-15H2,1-2H3,(H,25,26). The molecule has 0 amide bonds. The summed E-state index contributed by atoms with van der Waals surface area (Å²) in [6, 6.07) is 18.6. The third-order valence-electron chi connectivity index (χ3n) is 6.26. The highest BCUT2D eigenvalue weighted by molar-refractivity contribution is 5.83. The number of nitrogens with zero attached hydrogens (tertiary/aromatic N) is 2. The van der Waals surface area contributed by atoms with Crippen molar-refractivity contribution in [2.75, 3.05) is 38.1 Å². The van der Waals surface area contributed by atoms with Gasteiger partial charge in [0.1, 0.15) is 0 Å². The topological polar surface area (TPSA) is 43.8 Å². The van der Waals surface area contributed by atoms with Crippen molar-refractivity contribution in [1.82, 2.24) is 4.90 Å². The van der Waals surface area contributed by atoms with E-state index < -0.39 is 11.4 Å². The molecule has 0 radical (unpaired) electrons. The van der Waals surface area contributed by atoms with E-state index in [1.807, 2.05) is 37.3 Å². The molecule has 0 aromatic heterocycles. The van der Waals surface area contributed by atoms with Crippen molar-refractivity contribution in [3.63, 3.8) is 0 Å². The van der Waals surface area contributed by atoms with E-state index in [0.717, 1.165) is 37.3 Å². The number of aliphatic carboxylic acids is 1. The fourth-order valence-corrected chi connectivity index (χ4v) is 4.47. The molecule has 136 valence electrons. The molecule has 26 heavy (non-hydrogen) atoms. The molecule has 4 nitrogen and oxygen atoms in total. The van der Waals surface area contributed by atoms with Crippen molar-refractivity contribution in [3.05, 3.63) is 65.7 Å². The molecule has 1 aliphatic carbocycles. The van der Waals surface area contributed by atoms with Crippen LogP contribution in [0.3, 0.4) is 0 Å². The van der Waals surface area contributed by atoms with Gasteiger partial charge >= 0.3 is 5.97 Å². The van der Waals surface area contributed by atoms with Crippen LogP contribution in [0.4, 0.5) is 5.69 Å². The van der Waals surface area contributed by atoms with E-state index in [1.165, 1.54) is 5.69 Å². The van der Waals surface area contributed by atoms with Gasteiger partial charge in [0.15, 0.2) is 0 Å². The molecule has 2 aliphatic rings. The minimum Gasteiger partial charge on any atom is -0.481 e. The number of carbonyl (C=O) groups is 1. The molecular weight excluding hydrogens is 324 g/mol. The number of rotatable bonds is 4. The average Bonchev–Trinajstić information content (AvgIpc) is 3.31. The van der Waals surface area contributed by atoms with Crippen LogP contribution in [0.5, 0.6) is 0 Å². The lowest BCUT2D eigenvalue weighted by Gasteiger charge is -2.34. The highest BCUT2D eigenvalue weighted by Gasteiger charge is 2.67. The van der Waals surface area contributed by atoms with Crippen LogP contribution in [-0.4, -0.2) is 49.2 Å². The molecule has 1 N–H and O–H groups in total. The number of likely N-dealkylation sites (N-methyl/N-ethyl adjacent to an activating group) is 1. The molecule has 1 saturated carbocycles. The van der Waals surface area contributed by atoms with Crippen molar-refractivity contribution in [3.8, 4) is 0 Å². The normalized spacial score (nSPS) is 28.8. The van der Waals surface area contributed by atoms with Gasteiger partial charge in [0, 0.05) is 43.7 Å². The van der Waals surface area contributed by atoms with Gasteiger partial charge < -0.3 is 14.9 Å². The van der Waals surface area contributed by atoms with Crippen molar-refractivity contribution >= 4 is 11.7 Å². The van der Waals surface area contributed by atoms with E-state index in [1.54, 1.807) is 0 Å². The zero-order valence-electron chi connectivity index (χ0n) is 15.4. The molecule has 1 heterocycles. The molecular formula is C22H26N2O2. The van der Waals surface area contributed by atoms with Crippen molar-refractivity contribution in [2.24, 2.45) is 5.41 Å². The second-order valence-corrected chi connectivity index (χ2v) is 7.84. The lowest BCUT2D eigenvalue weighted by atomic mass is 10.0. The second kappa shape index (κ2) is 6.44. The third kappa shape index (κ3) is 2.78. The van der Waals surface area contributed by atoms with Crippen molar-refractivity contribution in [1.29, 1.82) is 0 Å². The van der Waals surface area contributed by atoms with Crippen LogP contribution in [0.1, 0.15) is 29.9 Å². The van der Waals surface area contributed by atoms with Crippen LogP contribution in [-0.2, 0) is 4.79 Å². The molecule has 0 bridgehead atoms. The highest BCUT2D eigenvalue weighted by atomic mass is 16.4. The molecule has 2 aromatic carbocycles. The van der Waals surface area contributed by atoms with Gasteiger partial charge in [0.25, 0.3) is 0 Å². The fraction of sp³-hybridized carbons (Fsp3) is 0.409. The highest BCUT2D eigenvalue weighted by Crippen LogP contribution is 2.70. The monoisotopic (exact) mass is 350 g/mol. The Bertz CT molecular complexity index is 782. The summed E-state index contributed by atoms with van der Waals surface area (Å²) in [7, 11) is 2.16. The van der Waals surface area contributed by atoms with Gasteiger partial charge in [-0.1, -0.05) is 42.5 Å². The van der Waals surface area contributed by atoms with E-state index in [-0.39, 0.29) is 11.8 Å². The molecule has 3 atom stereocenters. The number of carboxylic acid groups (broad SMARTS) is 1. The van der Waals surface area contributed by atoms with Gasteiger partial charge in [-0.25, -0.2) is 0 Å². The number of piperazine rings is 1. The Morgan fingerprint density at radius 1 is 0.923 bits per heavy atom. The number of carboxylic acids is 1. The predicted molar refractivity (Wildman–Crippen MR) is 104 cm³/mol. The van der Waals surface area contributed by atoms with Crippen LogP contribution < -0.4 is 4.90 Å². The van der Waals surface area contributed by atoms with E-state index >= 15 is 0 Å². The Morgan fingerprint density at radius 3 is 2.00 bits per heavy atom. The van der Waals surface area contributed by atoms with E-state index in [2.05, 4.69) is 41.1 Å². The van der Waals surface area contributed by atoms with Crippen LogP contribution in [0.25, 0.3) is 0 Å². The van der Waals surface area contributed by atoms with Gasteiger partial charge in [0.2, 0.25) is 0 Å². The summed E-state index contributed by atoms with van der Waals surface area (Å²) >= 11 is 0. The second-order valence-electron chi connectivity index (χ2n) is 7.84. The number of hydrogen-bond donors (Lipinski definition) is 1. The SMILES string of the molecule is CN1CCN(c2ccc(C3C(c4ccccc4)C3(C)C(=O)O)cc2)CC1. The Balaban J connectivity index is 1.57. The van der Waals surface area contributed by atoms with Gasteiger partial charge in [0.05, 0.1) is 5.41 Å². The largest absolute Gasteiger partial charge is 0.481 e. The van der Waals surface area contributed by atoms with Crippen LogP contribution in [0, 0.1) is 5.41 Å². The van der Waals surface area contributed by atoms with Gasteiger partial charge in [-0.2, -0.15) is 0 Å². The summed E-state index contributed by atoms with van der Waals surface area (Å²) in [5.74, 6) is -0.640. The summed E-state index contributed by atoms with van der Waals surface area (Å²) in [5, 5.41) is 9.85. The predicted octanol–water partition coefficient (Wildman–Crippen LogP) is 3.41. The molecule has 1 aliphatic heterocycles. The van der Waals surface area contributed by atoms with Crippen LogP contribution in [0.2, 0.25) is 0 Å². The fourth-order valence-electron chi connectivity index (χ4n) is 4.47. The summed E-state index contributed by atoms with van der Waals surface area (Å²) < 4.78 is 0. The zero-order valence-corrected chi connectivity index (χ0v) is 15.4. The van der Waals surface area contributed by atoms with Crippen LogP contribution in [0.15, 0.2) is 54.6 Å². The zero-order chi connectivity index (χ0) is 18.3. The summed E-state index contributed by atoms with van der Waals surface area (Å²) in [6.07, 6.45) is 0. The molecule has 0 spiro atoms. The molecule has 1 saturated heterocycles. The number of hydrogen-bond acceptors (Lipinski definition) is 3. The summed E-state index contributed by atoms with van der Waals surface area (Å²) in [5.41, 5.74) is 2.75. The number of anilines is 1. The minimum atomic E-state index is -0.725. The maximum atomic E-state index is 12.0. The molecule has 4 rings (SSSR count). The molecule has 3 unspecified atom stereocenters. The van der Waals surface area contributed by atoms with E-state index in [4.69, 9.17) is 0 Å². The third-order valence-corrected chi connectivity index (χ3v) is 6.26. The summed E-state index contributed by atoms with van der Waals surface area (Å²) in [6.45, 7) is 6.12. The smallest absolute Gasteiger partial charge is 0.310 e. The Kier molecular flexibility index (Phi) is 4.23. The molecule has 2 aromatic rings. The lowest BCUT2D eigenvalue weighted by Crippen LogP contribution is -2.44. The molecule has 2 fully saturated rings. The van der Waals surface area contributed by atoms with Gasteiger partial charge in [-0.15, -0.1) is 0 Å².